The van der Waals surface area contributed by atoms with Crippen LogP contribution >= 0.6 is 31.9 Å². The standard InChI is InChI=1S/C7H4Br2O2/c8-4-1-2-5-7(6(4)9)11-3-10-5/h1-2H,3H2. The van der Waals surface area contributed by atoms with E-state index in [0.717, 1.165) is 20.4 Å². The lowest BCUT2D eigenvalue weighted by molar-refractivity contribution is 0.173. The second-order valence-corrected chi connectivity index (χ2v) is 3.74. The van der Waals surface area contributed by atoms with Crippen molar-refractivity contribution in [2.24, 2.45) is 0 Å². The highest BCUT2D eigenvalue weighted by molar-refractivity contribution is 9.13. The van der Waals surface area contributed by atoms with Crippen molar-refractivity contribution in [3.63, 3.8) is 0 Å². The first-order valence-electron chi connectivity index (χ1n) is 3.02. The Hall–Kier alpha value is -0.220. The SMILES string of the molecule is Brc1ccc2c(c1Br)OCO2. The van der Waals surface area contributed by atoms with Gasteiger partial charge in [0.1, 0.15) is 0 Å². The number of halogens is 2. The lowest BCUT2D eigenvalue weighted by Crippen LogP contribution is -1.93. The quantitative estimate of drug-likeness (QED) is 0.727. The summed E-state index contributed by atoms with van der Waals surface area (Å²) < 4.78 is 12.3. The van der Waals surface area contributed by atoms with E-state index in [4.69, 9.17) is 9.47 Å². The summed E-state index contributed by atoms with van der Waals surface area (Å²) in [6.45, 7) is 0.310. The molecule has 1 aromatic carbocycles. The van der Waals surface area contributed by atoms with E-state index >= 15 is 0 Å². The fourth-order valence-corrected chi connectivity index (χ4v) is 1.67. The molecule has 2 rings (SSSR count). The van der Waals surface area contributed by atoms with Gasteiger partial charge in [-0.1, -0.05) is 0 Å². The van der Waals surface area contributed by atoms with Gasteiger partial charge in [0.25, 0.3) is 0 Å². The number of rotatable bonds is 0. The second kappa shape index (κ2) is 2.68. The van der Waals surface area contributed by atoms with E-state index in [-0.39, 0.29) is 0 Å². The van der Waals surface area contributed by atoms with Gasteiger partial charge in [-0.3, -0.25) is 0 Å². The molecule has 11 heavy (non-hydrogen) atoms. The average molecular weight is 280 g/mol. The molecule has 4 heteroatoms. The first kappa shape index (κ1) is 7.43. The summed E-state index contributed by atoms with van der Waals surface area (Å²) in [4.78, 5) is 0. The molecule has 1 aromatic rings. The van der Waals surface area contributed by atoms with E-state index < -0.39 is 0 Å². The predicted molar refractivity (Wildman–Crippen MR) is 48.0 cm³/mol. The Bertz CT molecular complexity index is 299. The van der Waals surface area contributed by atoms with Gasteiger partial charge in [0.15, 0.2) is 11.5 Å². The molecular weight excluding hydrogens is 276 g/mol. The molecule has 0 aliphatic carbocycles. The molecule has 0 radical (unpaired) electrons. The van der Waals surface area contributed by atoms with Crippen molar-refractivity contribution in [3.05, 3.63) is 21.1 Å². The van der Waals surface area contributed by atoms with Crippen LogP contribution in [0.5, 0.6) is 11.5 Å². The zero-order chi connectivity index (χ0) is 7.84. The number of hydrogen-bond acceptors (Lipinski definition) is 2. The zero-order valence-corrected chi connectivity index (χ0v) is 8.61. The maximum Gasteiger partial charge on any atom is 0.231 e. The maximum absolute atomic E-state index is 5.21. The molecule has 0 atom stereocenters. The van der Waals surface area contributed by atoms with Crippen LogP contribution in [0.15, 0.2) is 21.1 Å². The van der Waals surface area contributed by atoms with E-state index in [9.17, 15) is 0 Å². The fourth-order valence-electron chi connectivity index (χ4n) is 0.914. The molecule has 2 nitrogen and oxygen atoms in total. The zero-order valence-electron chi connectivity index (χ0n) is 5.43. The number of ether oxygens (including phenoxy) is 2. The molecule has 0 unspecified atom stereocenters. The molecule has 1 aliphatic rings. The molecule has 0 saturated heterocycles. The van der Waals surface area contributed by atoms with Crippen molar-refractivity contribution in [3.8, 4) is 11.5 Å². The van der Waals surface area contributed by atoms with Crippen LogP contribution in [-0.2, 0) is 0 Å². The number of fused-ring (bicyclic) bond motifs is 1. The third kappa shape index (κ3) is 1.14. The van der Waals surface area contributed by atoms with Crippen LogP contribution in [0.2, 0.25) is 0 Å². The minimum absolute atomic E-state index is 0.310. The van der Waals surface area contributed by atoms with Crippen LogP contribution in [0.4, 0.5) is 0 Å². The minimum Gasteiger partial charge on any atom is -0.454 e. The molecule has 0 aromatic heterocycles. The van der Waals surface area contributed by atoms with E-state index in [1.54, 1.807) is 0 Å². The van der Waals surface area contributed by atoms with Crippen LogP contribution in [-0.4, -0.2) is 6.79 Å². The smallest absolute Gasteiger partial charge is 0.231 e. The highest BCUT2D eigenvalue weighted by Gasteiger charge is 2.17. The van der Waals surface area contributed by atoms with E-state index in [1.165, 1.54) is 0 Å². The molecule has 58 valence electrons. The summed E-state index contributed by atoms with van der Waals surface area (Å²) in [6.07, 6.45) is 0. The van der Waals surface area contributed by atoms with Gasteiger partial charge in [0.2, 0.25) is 6.79 Å². The largest absolute Gasteiger partial charge is 0.454 e. The minimum atomic E-state index is 0.310. The van der Waals surface area contributed by atoms with Crippen LogP contribution in [0.1, 0.15) is 0 Å². The van der Waals surface area contributed by atoms with E-state index in [1.807, 2.05) is 12.1 Å². The van der Waals surface area contributed by atoms with Gasteiger partial charge in [-0.25, -0.2) is 0 Å². The predicted octanol–water partition coefficient (Wildman–Crippen LogP) is 2.94. The summed E-state index contributed by atoms with van der Waals surface area (Å²) in [6, 6.07) is 3.79. The summed E-state index contributed by atoms with van der Waals surface area (Å²) in [7, 11) is 0. The first-order valence-corrected chi connectivity index (χ1v) is 4.61. The first-order chi connectivity index (χ1) is 5.29. The van der Waals surface area contributed by atoms with Crippen molar-refractivity contribution in [2.45, 2.75) is 0 Å². The number of benzene rings is 1. The third-order valence-electron chi connectivity index (χ3n) is 1.43. The Morgan fingerprint density at radius 3 is 2.82 bits per heavy atom. The van der Waals surface area contributed by atoms with Crippen LogP contribution < -0.4 is 9.47 Å². The van der Waals surface area contributed by atoms with Gasteiger partial charge in [0.05, 0.1) is 4.47 Å². The molecule has 0 N–H and O–H groups in total. The van der Waals surface area contributed by atoms with Gasteiger partial charge in [0, 0.05) is 4.47 Å². The normalized spacial score (nSPS) is 13.6. The molecule has 0 fully saturated rings. The van der Waals surface area contributed by atoms with Gasteiger partial charge >= 0.3 is 0 Å². The van der Waals surface area contributed by atoms with Gasteiger partial charge in [-0.15, -0.1) is 0 Å². The molecular formula is C7H4Br2O2. The summed E-state index contributed by atoms with van der Waals surface area (Å²) in [5, 5.41) is 0. The van der Waals surface area contributed by atoms with Gasteiger partial charge < -0.3 is 9.47 Å². The molecule has 0 bridgehead atoms. The number of hydrogen-bond donors (Lipinski definition) is 0. The Morgan fingerprint density at radius 2 is 2.00 bits per heavy atom. The van der Waals surface area contributed by atoms with Gasteiger partial charge in [-0.05, 0) is 44.0 Å². The van der Waals surface area contributed by atoms with Crippen LogP contribution in [0.3, 0.4) is 0 Å². The van der Waals surface area contributed by atoms with Crippen LogP contribution in [0.25, 0.3) is 0 Å². The summed E-state index contributed by atoms with van der Waals surface area (Å²) in [5.41, 5.74) is 0. The van der Waals surface area contributed by atoms with Crippen molar-refractivity contribution < 1.29 is 9.47 Å². The van der Waals surface area contributed by atoms with Crippen molar-refractivity contribution in [1.29, 1.82) is 0 Å². The molecule has 0 spiro atoms. The fraction of sp³-hybridized carbons (Fsp3) is 0.143. The summed E-state index contributed by atoms with van der Waals surface area (Å²) in [5.74, 6) is 1.57. The molecule has 1 aliphatic heterocycles. The highest BCUT2D eigenvalue weighted by Crippen LogP contribution is 2.42. The lowest BCUT2D eigenvalue weighted by atomic mass is 10.3. The summed E-state index contributed by atoms with van der Waals surface area (Å²) >= 11 is 6.75. The topological polar surface area (TPSA) is 18.5 Å². The highest BCUT2D eigenvalue weighted by atomic mass is 79.9. The average Bonchev–Trinajstić information content (AvgIpc) is 2.45. The Balaban J connectivity index is 2.62. The molecule has 0 saturated carbocycles. The maximum atomic E-state index is 5.21. The van der Waals surface area contributed by atoms with Gasteiger partial charge in [-0.2, -0.15) is 0 Å². The lowest BCUT2D eigenvalue weighted by Gasteiger charge is -1.99. The van der Waals surface area contributed by atoms with E-state index in [0.29, 0.717) is 6.79 Å². The monoisotopic (exact) mass is 278 g/mol. The van der Waals surface area contributed by atoms with Crippen LogP contribution in [0, 0.1) is 0 Å². The van der Waals surface area contributed by atoms with Crippen molar-refractivity contribution >= 4 is 31.9 Å². The third-order valence-corrected chi connectivity index (χ3v) is 3.41. The molecule has 1 heterocycles. The Kier molecular flexibility index (Phi) is 1.81. The Morgan fingerprint density at radius 1 is 1.18 bits per heavy atom. The van der Waals surface area contributed by atoms with Crippen molar-refractivity contribution in [1.82, 2.24) is 0 Å². The molecule has 0 amide bonds. The van der Waals surface area contributed by atoms with E-state index in [2.05, 4.69) is 31.9 Å². The second-order valence-electron chi connectivity index (χ2n) is 2.10. The Labute approximate surface area is 80.8 Å². The van der Waals surface area contributed by atoms with Crippen molar-refractivity contribution in [2.75, 3.05) is 6.79 Å².